The maximum absolute atomic E-state index is 10.3. The molecule has 0 fully saturated rings. The Hall–Kier alpha value is -0.780. The highest BCUT2D eigenvalue weighted by Crippen LogP contribution is 2.27. The molecule has 1 heterocycles. The van der Waals surface area contributed by atoms with Gasteiger partial charge >= 0.3 is 0 Å². The van der Waals surface area contributed by atoms with Crippen molar-refractivity contribution in [1.29, 1.82) is 0 Å². The molecule has 0 aliphatic carbocycles. The lowest BCUT2D eigenvalue weighted by atomic mass is 10.0. The van der Waals surface area contributed by atoms with E-state index in [9.17, 15) is 5.11 Å². The number of nitrogens with zero attached hydrogens (tertiary/aromatic N) is 2. The van der Waals surface area contributed by atoms with Gasteiger partial charge < -0.3 is 5.11 Å². The average molecular weight is 327 g/mol. The summed E-state index contributed by atoms with van der Waals surface area (Å²) in [5, 5.41) is 14.4. The van der Waals surface area contributed by atoms with Crippen LogP contribution in [0.25, 0.3) is 0 Å². The molecule has 0 spiro atoms. The van der Waals surface area contributed by atoms with Crippen molar-refractivity contribution in [2.75, 3.05) is 0 Å². The van der Waals surface area contributed by atoms with Gasteiger partial charge in [0.25, 0.3) is 0 Å². The van der Waals surface area contributed by atoms with Gasteiger partial charge in [-0.2, -0.15) is 0 Å². The lowest BCUT2D eigenvalue weighted by Gasteiger charge is -2.10. The van der Waals surface area contributed by atoms with Gasteiger partial charge in [-0.15, -0.1) is 5.10 Å². The normalized spacial score (nSPS) is 12.6. The minimum Gasteiger partial charge on any atom is -0.387 e. The Kier molecular flexibility index (Phi) is 4.86. The van der Waals surface area contributed by atoms with Gasteiger partial charge in [-0.05, 0) is 29.6 Å². The molecule has 2 aromatic rings. The Labute approximate surface area is 119 Å². The van der Waals surface area contributed by atoms with E-state index in [1.54, 1.807) is 0 Å². The van der Waals surface area contributed by atoms with Crippen molar-refractivity contribution < 1.29 is 5.11 Å². The molecule has 0 aliphatic heterocycles. The summed E-state index contributed by atoms with van der Waals surface area (Å²) in [5.74, 6) is 0. The first-order valence-corrected chi connectivity index (χ1v) is 7.51. The number of aliphatic hydroxyl groups is 1. The third-order valence-electron chi connectivity index (χ3n) is 2.75. The van der Waals surface area contributed by atoms with E-state index in [4.69, 9.17) is 0 Å². The van der Waals surface area contributed by atoms with Gasteiger partial charge in [-0.1, -0.05) is 52.0 Å². The summed E-state index contributed by atoms with van der Waals surface area (Å²) in [4.78, 5) is 0.896. The van der Waals surface area contributed by atoms with Crippen LogP contribution in [0.5, 0.6) is 0 Å². The molecule has 0 saturated heterocycles. The molecule has 3 nitrogen and oxygen atoms in total. The van der Waals surface area contributed by atoms with Crippen LogP contribution in [0.3, 0.4) is 0 Å². The summed E-state index contributed by atoms with van der Waals surface area (Å²) in [6.07, 6.45) is 1.95. The molecule has 0 saturated carbocycles. The number of rotatable bonds is 5. The summed E-state index contributed by atoms with van der Waals surface area (Å²) in [6, 6.07) is 7.95. The Balaban J connectivity index is 2.14. The third-order valence-corrected chi connectivity index (χ3v) is 4.39. The number of aromatic nitrogens is 2. The smallest absolute Gasteiger partial charge is 0.0957 e. The Bertz CT molecular complexity index is 515. The summed E-state index contributed by atoms with van der Waals surface area (Å²) in [6.45, 7) is 2.10. The standard InChI is InChI=1S/C13H15BrN2OS/c1-2-5-11-13(18-16-15-11)12(17)8-9-6-3-4-7-10(9)14/h3-4,6-7,12,17H,2,5,8H2,1H3. The molecule has 0 radical (unpaired) electrons. The van der Waals surface area contributed by atoms with Gasteiger partial charge in [0.05, 0.1) is 16.7 Å². The third kappa shape index (κ3) is 3.16. The van der Waals surface area contributed by atoms with Crippen LogP contribution in [-0.2, 0) is 12.8 Å². The Morgan fingerprint density at radius 2 is 2.17 bits per heavy atom. The van der Waals surface area contributed by atoms with Gasteiger partial charge in [-0.25, -0.2) is 0 Å². The van der Waals surface area contributed by atoms with Crippen LogP contribution in [-0.4, -0.2) is 14.7 Å². The zero-order valence-corrected chi connectivity index (χ0v) is 12.5. The molecule has 0 aliphatic rings. The highest BCUT2D eigenvalue weighted by Gasteiger charge is 2.17. The molecule has 96 valence electrons. The predicted octanol–water partition coefficient (Wildman–Crippen LogP) is 3.53. The van der Waals surface area contributed by atoms with Crippen molar-refractivity contribution in [3.63, 3.8) is 0 Å². The number of hydrogen-bond donors (Lipinski definition) is 1. The number of aryl methyl sites for hydroxylation is 1. The van der Waals surface area contributed by atoms with Crippen molar-refractivity contribution in [1.82, 2.24) is 9.59 Å². The first kappa shape index (κ1) is 13.6. The van der Waals surface area contributed by atoms with Crippen LogP contribution in [0.4, 0.5) is 0 Å². The topological polar surface area (TPSA) is 46.0 Å². The quantitative estimate of drug-likeness (QED) is 0.914. The lowest BCUT2D eigenvalue weighted by Crippen LogP contribution is -2.03. The highest BCUT2D eigenvalue weighted by molar-refractivity contribution is 9.10. The van der Waals surface area contributed by atoms with Crippen LogP contribution in [0.15, 0.2) is 28.7 Å². The van der Waals surface area contributed by atoms with E-state index in [0.29, 0.717) is 6.42 Å². The second-order valence-electron chi connectivity index (χ2n) is 4.15. The van der Waals surface area contributed by atoms with E-state index in [1.165, 1.54) is 11.5 Å². The molecule has 5 heteroatoms. The van der Waals surface area contributed by atoms with Crippen molar-refractivity contribution in [3.05, 3.63) is 44.9 Å². The van der Waals surface area contributed by atoms with E-state index in [-0.39, 0.29) is 0 Å². The van der Waals surface area contributed by atoms with Crippen molar-refractivity contribution in [2.24, 2.45) is 0 Å². The second-order valence-corrected chi connectivity index (χ2v) is 5.79. The fourth-order valence-corrected chi connectivity index (χ4v) is 2.97. The predicted molar refractivity (Wildman–Crippen MR) is 76.7 cm³/mol. The molecular formula is C13H15BrN2OS. The molecule has 1 unspecified atom stereocenters. The van der Waals surface area contributed by atoms with Gasteiger partial charge in [0.2, 0.25) is 0 Å². The molecule has 1 N–H and O–H groups in total. The van der Waals surface area contributed by atoms with Gasteiger partial charge in [0.15, 0.2) is 0 Å². The average Bonchev–Trinajstić information content (AvgIpc) is 2.81. The maximum Gasteiger partial charge on any atom is 0.0957 e. The summed E-state index contributed by atoms with van der Waals surface area (Å²) in [5.41, 5.74) is 2.03. The highest BCUT2D eigenvalue weighted by atomic mass is 79.9. The zero-order valence-electron chi connectivity index (χ0n) is 10.1. The SMILES string of the molecule is CCCc1nnsc1C(O)Cc1ccccc1Br. The molecular weight excluding hydrogens is 312 g/mol. The summed E-state index contributed by atoms with van der Waals surface area (Å²) >= 11 is 4.79. The Morgan fingerprint density at radius 3 is 2.89 bits per heavy atom. The van der Waals surface area contributed by atoms with E-state index in [0.717, 1.165) is 33.4 Å². The van der Waals surface area contributed by atoms with Gasteiger partial charge in [0, 0.05) is 10.9 Å². The van der Waals surface area contributed by atoms with Crippen LogP contribution >= 0.6 is 27.5 Å². The van der Waals surface area contributed by atoms with E-state index >= 15 is 0 Å². The zero-order chi connectivity index (χ0) is 13.0. The minimum atomic E-state index is -0.523. The first-order chi connectivity index (χ1) is 8.72. The van der Waals surface area contributed by atoms with Crippen molar-refractivity contribution >= 4 is 27.5 Å². The van der Waals surface area contributed by atoms with Crippen molar-refractivity contribution in [3.8, 4) is 0 Å². The fourth-order valence-electron chi connectivity index (χ4n) is 1.84. The van der Waals surface area contributed by atoms with Gasteiger partial charge in [-0.3, -0.25) is 0 Å². The molecule has 1 aromatic heterocycles. The van der Waals surface area contributed by atoms with E-state index in [1.807, 2.05) is 24.3 Å². The lowest BCUT2D eigenvalue weighted by molar-refractivity contribution is 0.181. The number of aliphatic hydroxyl groups excluding tert-OH is 1. The van der Waals surface area contributed by atoms with Gasteiger partial charge in [0.1, 0.15) is 0 Å². The molecule has 0 amide bonds. The monoisotopic (exact) mass is 326 g/mol. The summed E-state index contributed by atoms with van der Waals surface area (Å²) in [7, 11) is 0. The molecule has 0 bridgehead atoms. The van der Waals surface area contributed by atoms with Crippen LogP contribution in [0.2, 0.25) is 0 Å². The second kappa shape index (κ2) is 6.41. The molecule has 18 heavy (non-hydrogen) atoms. The molecule has 1 aromatic carbocycles. The van der Waals surface area contributed by atoms with Crippen LogP contribution in [0.1, 0.15) is 35.6 Å². The van der Waals surface area contributed by atoms with E-state index < -0.39 is 6.10 Å². The minimum absolute atomic E-state index is 0.523. The maximum atomic E-state index is 10.3. The van der Waals surface area contributed by atoms with E-state index in [2.05, 4.69) is 32.4 Å². The largest absolute Gasteiger partial charge is 0.387 e. The number of hydrogen-bond acceptors (Lipinski definition) is 4. The van der Waals surface area contributed by atoms with Crippen LogP contribution in [0, 0.1) is 0 Å². The summed E-state index contributed by atoms with van der Waals surface area (Å²) < 4.78 is 4.97. The van der Waals surface area contributed by atoms with Crippen LogP contribution < -0.4 is 0 Å². The number of benzene rings is 1. The number of halogens is 1. The Morgan fingerprint density at radius 1 is 1.39 bits per heavy atom. The molecule has 2 rings (SSSR count). The first-order valence-electron chi connectivity index (χ1n) is 5.95. The fraction of sp³-hybridized carbons (Fsp3) is 0.385. The van der Waals surface area contributed by atoms with Crippen molar-refractivity contribution in [2.45, 2.75) is 32.3 Å². The molecule has 1 atom stereocenters.